The zero-order valence-electron chi connectivity index (χ0n) is 12.9. The Morgan fingerprint density at radius 3 is 2.91 bits per heavy atom. The van der Waals surface area contributed by atoms with Crippen molar-refractivity contribution in [1.82, 2.24) is 20.0 Å². The average Bonchev–Trinajstić information content (AvgIpc) is 3.25. The van der Waals surface area contributed by atoms with Gasteiger partial charge in [-0.15, -0.1) is 11.3 Å². The monoisotopic (exact) mass is 330 g/mol. The molecule has 3 heterocycles. The molecule has 0 saturated heterocycles. The molecule has 0 fully saturated rings. The first-order valence-corrected chi connectivity index (χ1v) is 8.21. The number of hydrogen-bond acceptors (Lipinski definition) is 7. The van der Waals surface area contributed by atoms with E-state index in [0.29, 0.717) is 30.6 Å². The molecule has 7 heteroatoms. The molecular weight excluding hydrogens is 312 g/mol. The standard InChI is InChI=1S/C16H18N4O2S/c1-21-9-8-20(11-13-5-4-10-23-13)12-15-18-16(19-22-15)14-6-2-3-7-17-14/h2-7,10H,8-9,11-12H2,1H3. The average molecular weight is 330 g/mol. The molecule has 0 radical (unpaired) electrons. The topological polar surface area (TPSA) is 64.3 Å². The van der Waals surface area contributed by atoms with Crippen molar-refractivity contribution in [1.29, 1.82) is 0 Å². The Morgan fingerprint density at radius 1 is 1.22 bits per heavy atom. The van der Waals surface area contributed by atoms with Crippen LogP contribution in [0.1, 0.15) is 10.8 Å². The maximum absolute atomic E-state index is 5.37. The summed E-state index contributed by atoms with van der Waals surface area (Å²) in [5.41, 5.74) is 0.712. The van der Waals surface area contributed by atoms with E-state index in [1.165, 1.54) is 4.88 Å². The Balaban J connectivity index is 1.68. The van der Waals surface area contributed by atoms with E-state index in [2.05, 4.69) is 37.5 Å². The molecule has 0 bridgehead atoms. The van der Waals surface area contributed by atoms with Gasteiger partial charge in [0.05, 0.1) is 13.2 Å². The number of methoxy groups -OCH3 is 1. The normalized spacial score (nSPS) is 11.2. The Hall–Kier alpha value is -2.09. The molecule has 23 heavy (non-hydrogen) atoms. The maximum Gasteiger partial charge on any atom is 0.241 e. The number of rotatable bonds is 8. The lowest BCUT2D eigenvalue weighted by atomic mass is 10.3. The highest BCUT2D eigenvalue weighted by molar-refractivity contribution is 7.09. The van der Waals surface area contributed by atoms with Crippen LogP contribution in [0.2, 0.25) is 0 Å². The van der Waals surface area contributed by atoms with Gasteiger partial charge in [-0.25, -0.2) is 0 Å². The molecule has 0 aromatic carbocycles. The van der Waals surface area contributed by atoms with Gasteiger partial charge in [0.25, 0.3) is 0 Å². The van der Waals surface area contributed by atoms with Crippen LogP contribution in [0.15, 0.2) is 46.4 Å². The minimum atomic E-state index is 0.517. The van der Waals surface area contributed by atoms with Gasteiger partial charge in [0.15, 0.2) is 0 Å². The first-order valence-electron chi connectivity index (χ1n) is 7.33. The van der Waals surface area contributed by atoms with Crippen LogP contribution < -0.4 is 0 Å². The van der Waals surface area contributed by atoms with Crippen LogP contribution in [0.3, 0.4) is 0 Å². The minimum absolute atomic E-state index is 0.517. The quantitative estimate of drug-likeness (QED) is 0.633. The second-order valence-electron chi connectivity index (χ2n) is 5.01. The third kappa shape index (κ3) is 4.44. The van der Waals surface area contributed by atoms with Crippen molar-refractivity contribution in [3.8, 4) is 11.5 Å². The highest BCUT2D eigenvalue weighted by Gasteiger charge is 2.14. The number of pyridine rings is 1. The van der Waals surface area contributed by atoms with E-state index < -0.39 is 0 Å². The summed E-state index contributed by atoms with van der Waals surface area (Å²) in [6.45, 7) is 2.88. The van der Waals surface area contributed by atoms with Gasteiger partial charge in [-0.2, -0.15) is 4.98 Å². The lowest BCUT2D eigenvalue weighted by molar-refractivity contribution is 0.132. The summed E-state index contributed by atoms with van der Waals surface area (Å²) in [6, 6.07) is 9.80. The molecule has 0 spiro atoms. The Kier molecular flexibility index (Phi) is 5.46. The summed E-state index contributed by atoms with van der Waals surface area (Å²) >= 11 is 1.74. The summed E-state index contributed by atoms with van der Waals surface area (Å²) in [5, 5.41) is 6.09. The summed E-state index contributed by atoms with van der Waals surface area (Å²) in [4.78, 5) is 12.2. The van der Waals surface area contributed by atoms with Gasteiger partial charge < -0.3 is 9.26 Å². The molecule has 6 nitrogen and oxygen atoms in total. The minimum Gasteiger partial charge on any atom is -0.383 e. The van der Waals surface area contributed by atoms with Crippen molar-refractivity contribution in [3.05, 3.63) is 52.7 Å². The molecule has 0 aliphatic heterocycles. The highest BCUT2D eigenvalue weighted by atomic mass is 32.1. The van der Waals surface area contributed by atoms with E-state index in [1.54, 1.807) is 24.6 Å². The molecular formula is C16H18N4O2S. The zero-order chi connectivity index (χ0) is 15.9. The van der Waals surface area contributed by atoms with Gasteiger partial charge in [0, 0.05) is 31.3 Å². The molecule has 3 aromatic rings. The van der Waals surface area contributed by atoms with Crippen molar-refractivity contribution in [2.24, 2.45) is 0 Å². The van der Waals surface area contributed by atoms with E-state index in [-0.39, 0.29) is 0 Å². The van der Waals surface area contributed by atoms with Crippen LogP contribution in [0.25, 0.3) is 11.5 Å². The Bertz CT molecular complexity index is 700. The first kappa shape index (κ1) is 15.8. The molecule has 0 atom stereocenters. The van der Waals surface area contributed by atoms with Gasteiger partial charge in [-0.3, -0.25) is 9.88 Å². The van der Waals surface area contributed by atoms with Gasteiger partial charge >= 0.3 is 0 Å². The fourth-order valence-corrected chi connectivity index (χ4v) is 2.91. The Morgan fingerprint density at radius 2 is 2.17 bits per heavy atom. The van der Waals surface area contributed by atoms with Crippen molar-refractivity contribution < 1.29 is 9.26 Å². The van der Waals surface area contributed by atoms with Crippen molar-refractivity contribution in [2.75, 3.05) is 20.3 Å². The van der Waals surface area contributed by atoms with E-state index in [4.69, 9.17) is 9.26 Å². The summed E-state index contributed by atoms with van der Waals surface area (Å²) in [5.74, 6) is 1.10. The number of aromatic nitrogens is 3. The summed E-state index contributed by atoms with van der Waals surface area (Å²) < 4.78 is 10.6. The highest BCUT2D eigenvalue weighted by Crippen LogP contribution is 2.16. The van der Waals surface area contributed by atoms with E-state index >= 15 is 0 Å². The van der Waals surface area contributed by atoms with Crippen LogP contribution >= 0.6 is 11.3 Å². The third-order valence-corrected chi connectivity index (χ3v) is 4.15. The Labute approximate surface area is 138 Å². The van der Waals surface area contributed by atoms with E-state index in [1.807, 2.05) is 18.2 Å². The molecule has 3 aromatic heterocycles. The maximum atomic E-state index is 5.37. The van der Waals surface area contributed by atoms with Crippen molar-refractivity contribution in [3.63, 3.8) is 0 Å². The van der Waals surface area contributed by atoms with Gasteiger partial charge in [0.1, 0.15) is 5.69 Å². The molecule has 0 unspecified atom stereocenters. The van der Waals surface area contributed by atoms with Crippen molar-refractivity contribution in [2.45, 2.75) is 13.1 Å². The molecule has 0 amide bonds. The van der Waals surface area contributed by atoms with Crippen LogP contribution in [0.5, 0.6) is 0 Å². The first-order chi connectivity index (χ1) is 11.3. The molecule has 3 rings (SSSR count). The third-order valence-electron chi connectivity index (χ3n) is 3.29. The van der Waals surface area contributed by atoms with Crippen LogP contribution in [-0.4, -0.2) is 40.3 Å². The number of nitrogens with zero attached hydrogens (tertiary/aromatic N) is 4. The van der Waals surface area contributed by atoms with Gasteiger partial charge in [0.2, 0.25) is 11.7 Å². The molecule has 0 aliphatic carbocycles. The van der Waals surface area contributed by atoms with Crippen molar-refractivity contribution >= 4 is 11.3 Å². The summed E-state index contributed by atoms with van der Waals surface area (Å²) in [6.07, 6.45) is 1.72. The lowest BCUT2D eigenvalue weighted by Gasteiger charge is -2.18. The smallest absolute Gasteiger partial charge is 0.241 e. The molecule has 0 saturated carbocycles. The number of hydrogen-bond donors (Lipinski definition) is 0. The van der Waals surface area contributed by atoms with Crippen LogP contribution in [0.4, 0.5) is 0 Å². The lowest BCUT2D eigenvalue weighted by Crippen LogP contribution is -2.26. The molecule has 0 N–H and O–H groups in total. The molecule has 0 aliphatic rings. The summed E-state index contributed by atoms with van der Waals surface area (Å²) in [7, 11) is 1.70. The number of thiophene rings is 1. The number of ether oxygens (including phenoxy) is 1. The predicted octanol–water partition coefficient (Wildman–Crippen LogP) is 2.84. The second kappa shape index (κ2) is 7.96. The van der Waals surface area contributed by atoms with Crippen LogP contribution in [0, 0.1) is 0 Å². The fourth-order valence-electron chi connectivity index (χ4n) is 2.17. The predicted molar refractivity (Wildman–Crippen MR) is 87.8 cm³/mol. The second-order valence-corrected chi connectivity index (χ2v) is 6.04. The SMILES string of the molecule is COCCN(Cc1nc(-c2ccccn2)no1)Cc1cccs1. The van der Waals surface area contributed by atoms with Crippen LogP contribution in [-0.2, 0) is 17.8 Å². The van der Waals surface area contributed by atoms with Gasteiger partial charge in [-0.05, 0) is 23.6 Å². The molecule has 120 valence electrons. The van der Waals surface area contributed by atoms with Gasteiger partial charge in [-0.1, -0.05) is 17.3 Å². The largest absolute Gasteiger partial charge is 0.383 e. The van der Waals surface area contributed by atoms with E-state index in [0.717, 1.165) is 13.1 Å². The zero-order valence-corrected chi connectivity index (χ0v) is 13.7. The fraction of sp³-hybridized carbons (Fsp3) is 0.312. The van der Waals surface area contributed by atoms with E-state index in [9.17, 15) is 0 Å².